The van der Waals surface area contributed by atoms with Crippen molar-refractivity contribution in [1.29, 1.82) is 0 Å². The number of carbonyl (C=O) groups is 1. The summed E-state index contributed by atoms with van der Waals surface area (Å²) in [6, 6.07) is 5.76. The summed E-state index contributed by atoms with van der Waals surface area (Å²) in [4.78, 5) is 16.4. The molecule has 1 aromatic carbocycles. The van der Waals surface area contributed by atoms with E-state index in [0.29, 0.717) is 42.9 Å². The molecule has 6 rings (SSSR count). The number of ether oxygens (including phenoxy) is 1. The normalized spacial score (nSPS) is 23.5. The van der Waals surface area contributed by atoms with Gasteiger partial charge < -0.3 is 14.4 Å². The molecule has 2 aliphatic rings. The third-order valence-corrected chi connectivity index (χ3v) is 7.76. The van der Waals surface area contributed by atoms with Crippen molar-refractivity contribution < 1.29 is 27.8 Å². The summed E-state index contributed by atoms with van der Waals surface area (Å²) in [5.74, 6) is -3.38. The maximum absolute atomic E-state index is 14.9. The van der Waals surface area contributed by atoms with Crippen LogP contribution in [0.25, 0.3) is 27.8 Å². The first kappa shape index (κ1) is 23.0. The highest BCUT2D eigenvalue weighted by atomic mass is 19.2. The summed E-state index contributed by atoms with van der Waals surface area (Å²) < 4.78 is 50.8. The average Bonchev–Trinajstić information content (AvgIpc) is 3.47. The van der Waals surface area contributed by atoms with Crippen LogP contribution in [-0.2, 0) is 9.53 Å². The van der Waals surface area contributed by atoms with E-state index < -0.39 is 23.3 Å². The van der Waals surface area contributed by atoms with Crippen LogP contribution in [0.1, 0.15) is 61.6 Å². The topological polar surface area (TPSA) is 93.0 Å². The Morgan fingerprint density at radius 1 is 1.08 bits per heavy atom. The number of halogens is 3. The summed E-state index contributed by atoms with van der Waals surface area (Å²) in [7, 11) is 0. The molecule has 0 amide bonds. The number of rotatable bonds is 4. The number of aliphatic carboxylic acids is 1. The van der Waals surface area contributed by atoms with Crippen LogP contribution in [0.4, 0.5) is 13.2 Å². The number of alkyl halides is 1. The SMILES string of the molecule is O=C(O)C1(F)CCC(c2c(C3CCOCC3)n(-c3ccc(F)c(F)c3)c3cc4cn[nH]c4nc23)CC1. The van der Waals surface area contributed by atoms with Gasteiger partial charge in [-0.25, -0.2) is 22.9 Å². The van der Waals surface area contributed by atoms with Gasteiger partial charge in [-0.05, 0) is 62.6 Å². The van der Waals surface area contributed by atoms with Crippen LogP contribution in [-0.4, -0.2) is 49.7 Å². The standard InChI is InChI=1S/C26H25F3N4O3/c27-18-2-1-17(12-19(18)28)33-20-11-16-13-30-32-24(16)31-22(20)21(23(33)15-5-9-36-10-6-15)14-3-7-26(29,8-4-14)25(34)35/h1-2,11-15H,3-10H2,(H,34,35)(H,30,31,32). The van der Waals surface area contributed by atoms with Gasteiger partial charge in [-0.1, -0.05) is 0 Å². The van der Waals surface area contributed by atoms with Crippen LogP contribution < -0.4 is 0 Å². The Labute approximate surface area is 204 Å². The molecule has 1 saturated carbocycles. The molecule has 7 nitrogen and oxygen atoms in total. The maximum Gasteiger partial charge on any atom is 0.341 e. The molecule has 0 radical (unpaired) electrons. The number of pyridine rings is 1. The van der Waals surface area contributed by atoms with Crippen LogP contribution in [0.15, 0.2) is 30.5 Å². The van der Waals surface area contributed by atoms with Crippen LogP contribution in [0, 0.1) is 11.6 Å². The van der Waals surface area contributed by atoms with Gasteiger partial charge >= 0.3 is 5.97 Å². The van der Waals surface area contributed by atoms with E-state index in [2.05, 4.69) is 10.2 Å². The Kier molecular flexibility index (Phi) is 5.51. The molecular formula is C26H25F3N4O3. The minimum Gasteiger partial charge on any atom is -0.479 e. The van der Waals surface area contributed by atoms with Gasteiger partial charge in [-0.3, -0.25) is 5.10 Å². The van der Waals surface area contributed by atoms with Gasteiger partial charge in [0.1, 0.15) is 0 Å². The molecule has 36 heavy (non-hydrogen) atoms. The molecule has 188 valence electrons. The number of carboxylic acids is 1. The number of aromatic nitrogens is 4. The minimum atomic E-state index is -2.24. The monoisotopic (exact) mass is 498 g/mol. The minimum absolute atomic E-state index is 0.0593. The van der Waals surface area contributed by atoms with E-state index in [9.17, 15) is 23.1 Å². The Bertz CT molecular complexity index is 1470. The lowest BCUT2D eigenvalue weighted by atomic mass is 9.75. The van der Waals surface area contributed by atoms with Crippen LogP contribution in [0.2, 0.25) is 0 Å². The van der Waals surface area contributed by atoms with Gasteiger partial charge in [0.25, 0.3) is 0 Å². The quantitative estimate of drug-likeness (QED) is 0.386. The van der Waals surface area contributed by atoms with E-state index in [0.717, 1.165) is 41.1 Å². The third-order valence-electron chi connectivity index (χ3n) is 7.76. The molecule has 4 aromatic rings. The molecule has 2 N–H and O–H groups in total. The summed E-state index contributed by atoms with van der Waals surface area (Å²) in [6.45, 7) is 1.14. The zero-order valence-corrected chi connectivity index (χ0v) is 19.4. The van der Waals surface area contributed by atoms with Crippen LogP contribution in [0.5, 0.6) is 0 Å². The number of nitrogens with zero attached hydrogens (tertiary/aromatic N) is 3. The van der Waals surface area contributed by atoms with Gasteiger partial charge in [0.15, 0.2) is 17.3 Å². The molecule has 3 aromatic heterocycles. The lowest BCUT2D eigenvalue weighted by molar-refractivity contribution is -0.153. The van der Waals surface area contributed by atoms with E-state index in [4.69, 9.17) is 9.72 Å². The summed E-state index contributed by atoms with van der Waals surface area (Å²) in [5, 5.41) is 17.2. The molecule has 2 fully saturated rings. The predicted octanol–water partition coefficient (Wildman–Crippen LogP) is 5.52. The fraction of sp³-hybridized carbons (Fsp3) is 0.423. The van der Waals surface area contributed by atoms with Crippen LogP contribution >= 0.6 is 0 Å². The molecule has 0 spiro atoms. The first-order chi connectivity index (χ1) is 17.4. The van der Waals surface area contributed by atoms with Crippen molar-refractivity contribution in [3.8, 4) is 5.69 Å². The van der Waals surface area contributed by atoms with Gasteiger partial charge in [-0.15, -0.1) is 0 Å². The van der Waals surface area contributed by atoms with E-state index in [1.54, 1.807) is 12.3 Å². The second-order valence-electron chi connectivity index (χ2n) is 9.83. The summed E-state index contributed by atoms with van der Waals surface area (Å²) in [5.41, 5.74) is 2.08. The molecule has 4 heterocycles. The zero-order valence-electron chi connectivity index (χ0n) is 19.4. The second kappa shape index (κ2) is 8.62. The van der Waals surface area contributed by atoms with E-state index in [-0.39, 0.29) is 24.7 Å². The van der Waals surface area contributed by atoms with E-state index in [1.807, 2.05) is 10.6 Å². The number of nitrogens with one attached hydrogen (secondary N) is 1. The molecule has 1 aliphatic heterocycles. The number of carboxylic acid groups (broad SMARTS) is 1. The summed E-state index contributed by atoms with van der Waals surface area (Å²) in [6.07, 6.45) is 3.64. The molecule has 0 atom stereocenters. The average molecular weight is 499 g/mol. The van der Waals surface area contributed by atoms with E-state index >= 15 is 0 Å². The van der Waals surface area contributed by atoms with Crippen molar-refractivity contribution in [3.63, 3.8) is 0 Å². The fourth-order valence-corrected chi connectivity index (χ4v) is 5.86. The molecule has 1 saturated heterocycles. The maximum atomic E-state index is 14.9. The molecule has 1 aliphatic carbocycles. The van der Waals surface area contributed by atoms with E-state index in [1.165, 1.54) is 6.07 Å². The van der Waals surface area contributed by atoms with Gasteiger partial charge in [-0.2, -0.15) is 5.10 Å². The van der Waals surface area contributed by atoms with Crippen molar-refractivity contribution in [2.45, 2.75) is 56.0 Å². The molecule has 10 heteroatoms. The van der Waals surface area contributed by atoms with Crippen molar-refractivity contribution in [3.05, 3.63) is 53.4 Å². The van der Waals surface area contributed by atoms with Crippen molar-refractivity contribution >= 4 is 28.0 Å². The molecular weight excluding hydrogens is 473 g/mol. The van der Waals surface area contributed by atoms with Gasteiger partial charge in [0, 0.05) is 47.5 Å². The Balaban J connectivity index is 1.61. The zero-order chi connectivity index (χ0) is 25.0. The number of fused-ring (bicyclic) bond motifs is 2. The first-order valence-corrected chi connectivity index (χ1v) is 12.2. The lowest BCUT2D eigenvalue weighted by Gasteiger charge is -2.33. The Morgan fingerprint density at radius 2 is 1.83 bits per heavy atom. The predicted molar refractivity (Wildman–Crippen MR) is 126 cm³/mol. The number of H-pyrrole nitrogens is 1. The number of hydrogen-bond acceptors (Lipinski definition) is 4. The highest BCUT2D eigenvalue weighted by Gasteiger charge is 2.44. The lowest BCUT2D eigenvalue weighted by Crippen LogP contribution is -2.37. The fourth-order valence-electron chi connectivity index (χ4n) is 5.86. The third kappa shape index (κ3) is 3.66. The van der Waals surface area contributed by atoms with Crippen molar-refractivity contribution in [1.82, 2.24) is 19.7 Å². The first-order valence-electron chi connectivity index (χ1n) is 12.2. The summed E-state index contributed by atoms with van der Waals surface area (Å²) >= 11 is 0. The largest absolute Gasteiger partial charge is 0.479 e. The highest BCUT2D eigenvalue weighted by Crippen LogP contribution is 2.48. The second-order valence-corrected chi connectivity index (χ2v) is 9.83. The highest BCUT2D eigenvalue weighted by molar-refractivity contribution is 5.93. The Hall–Kier alpha value is -3.40. The smallest absolute Gasteiger partial charge is 0.341 e. The molecule has 0 unspecified atom stereocenters. The number of aromatic amines is 1. The van der Waals surface area contributed by atoms with Gasteiger partial charge in [0.2, 0.25) is 5.67 Å². The number of hydrogen-bond donors (Lipinski definition) is 2. The van der Waals surface area contributed by atoms with Crippen molar-refractivity contribution in [2.24, 2.45) is 0 Å². The molecule has 0 bridgehead atoms. The van der Waals surface area contributed by atoms with Crippen molar-refractivity contribution in [2.75, 3.05) is 13.2 Å². The van der Waals surface area contributed by atoms with Gasteiger partial charge in [0.05, 0.1) is 17.2 Å². The Morgan fingerprint density at radius 3 is 2.53 bits per heavy atom. The van der Waals surface area contributed by atoms with Crippen LogP contribution in [0.3, 0.4) is 0 Å². The number of benzene rings is 1.